The smallest absolute Gasteiger partial charge is 0.270 e. The van der Waals surface area contributed by atoms with Gasteiger partial charge in [0.15, 0.2) is 5.11 Å². The van der Waals surface area contributed by atoms with Crippen molar-refractivity contribution in [2.75, 3.05) is 17.3 Å². The first kappa shape index (κ1) is 21.6. The van der Waals surface area contributed by atoms with E-state index in [2.05, 4.69) is 10.6 Å². The van der Waals surface area contributed by atoms with Gasteiger partial charge in [-0.1, -0.05) is 24.3 Å². The fraction of sp³-hybridized carbons (Fsp3) is 0.0455. The molecule has 3 aromatic carbocycles. The van der Waals surface area contributed by atoms with Crippen LogP contribution in [0.1, 0.15) is 20.7 Å². The van der Waals surface area contributed by atoms with Crippen molar-refractivity contribution < 1.29 is 14.5 Å². The van der Waals surface area contributed by atoms with Gasteiger partial charge in [-0.2, -0.15) is 0 Å². The first-order valence-electron chi connectivity index (χ1n) is 9.15. The number of carbonyl (C=O) groups is 2. The number of nitro benzene ring substituents is 1. The Hall–Kier alpha value is -4.11. The minimum absolute atomic E-state index is 0.0250. The van der Waals surface area contributed by atoms with E-state index in [1.807, 2.05) is 30.3 Å². The fourth-order valence-electron chi connectivity index (χ4n) is 2.76. The molecule has 0 fully saturated rings. The standard InChI is InChI=1S/C22H18N4O4S/c1-25(18-7-3-2-4-8-18)21(28)15-10-12-17(13-11-15)23-22(31)24-20(27)16-6-5-9-19(14-16)26(29)30/h2-14H,1H3,(H2,23,24,27,31). The maximum atomic E-state index is 12.6. The van der Waals surface area contributed by atoms with E-state index >= 15 is 0 Å². The molecule has 0 bridgehead atoms. The minimum atomic E-state index is -0.578. The number of hydrogen-bond acceptors (Lipinski definition) is 5. The molecule has 0 aliphatic heterocycles. The van der Waals surface area contributed by atoms with Crippen LogP contribution in [0.2, 0.25) is 0 Å². The van der Waals surface area contributed by atoms with E-state index in [0.717, 1.165) is 5.69 Å². The van der Waals surface area contributed by atoms with Gasteiger partial charge in [-0.05, 0) is 54.7 Å². The number of para-hydroxylation sites is 1. The highest BCUT2D eigenvalue weighted by Gasteiger charge is 2.14. The Morgan fingerprint density at radius 1 is 0.935 bits per heavy atom. The summed E-state index contributed by atoms with van der Waals surface area (Å²) in [5.74, 6) is -0.739. The molecule has 0 radical (unpaired) electrons. The van der Waals surface area contributed by atoms with E-state index in [1.54, 1.807) is 36.2 Å². The molecule has 0 unspecified atom stereocenters. The average molecular weight is 434 g/mol. The highest BCUT2D eigenvalue weighted by molar-refractivity contribution is 7.80. The number of rotatable bonds is 5. The first-order valence-corrected chi connectivity index (χ1v) is 9.56. The van der Waals surface area contributed by atoms with Crippen molar-refractivity contribution in [1.29, 1.82) is 0 Å². The monoisotopic (exact) mass is 434 g/mol. The Kier molecular flexibility index (Phi) is 6.68. The Morgan fingerprint density at radius 2 is 1.61 bits per heavy atom. The minimum Gasteiger partial charge on any atom is -0.332 e. The molecule has 9 heteroatoms. The third kappa shape index (κ3) is 5.49. The topological polar surface area (TPSA) is 105 Å². The van der Waals surface area contributed by atoms with Gasteiger partial charge in [0.25, 0.3) is 17.5 Å². The van der Waals surface area contributed by atoms with Gasteiger partial charge in [-0.15, -0.1) is 0 Å². The molecule has 2 N–H and O–H groups in total. The Morgan fingerprint density at radius 3 is 2.26 bits per heavy atom. The van der Waals surface area contributed by atoms with E-state index in [9.17, 15) is 19.7 Å². The van der Waals surface area contributed by atoms with Gasteiger partial charge in [-0.3, -0.25) is 25.0 Å². The molecule has 8 nitrogen and oxygen atoms in total. The van der Waals surface area contributed by atoms with Crippen molar-refractivity contribution in [3.8, 4) is 0 Å². The molecule has 0 aliphatic carbocycles. The summed E-state index contributed by atoms with van der Waals surface area (Å²) in [5, 5.41) is 16.2. The van der Waals surface area contributed by atoms with E-state index < -0.39 is 10.8 Å². The Labute approximate surface area is 183 Å². The molecular formula is C22H18N4O4S. The summed E-state index contributed by atoms with van der Waals surface area (Å²) in [6.45, 7) is 0. The molecule has 0 aromatic heterocycles. The largest absolute Gasteiger partial charge is 0.332 e. The summed E-state index contributed by atoms with van der Waals surface area (Å²) >= 11 is 5.13. The number of nitrogens with one attached hydrogen (secondary N) is 2. The molecule has 156 valence electrons. The molecule has 0 spiro atoms. The summed E-state index contributed by atoms with van der Waals surface area (Å²) in [6, 6.07) is 21.2. The van der Waals surface area contributed by atoms with Crippen molar-refractivity contribution in [3.05, 3.63) is 100 Å². The number of anilines is 2. The highest BCUT2D eigenvalue weighted by atomic mass is 32.1. The number of nitro groups is 1. The third-order valence-electron chi connectivity index (χ3n) is 4.38. The number of benzene rings is 3. The summed E-state index contributed by atoms with van der Waals surface area (Å²) in [4.78, 5) is 36.7. The van der Waals surface area contributed by atoms with Crippen LogP contribution in [0.4, 0.5) is 17.1 Å². The second-order valence-corrected chi connectivity index (χ2v) is 6.90. The van der Waals surface area contributed by atoms with Crippen LogP contribution < -0.4 is 15.5 Å². The lowest BCUT2D eigenvalue weighted by atomic mass is 10.1. The summed E-state index contributed by atoms with van der Waals surface area (Å²) in [6.07, 6.45) is 0. The van der Waals surface area contributed by atoms with E-state index in [-0.39, 0.29) is 22.3 Å². The van der Waals surface area contributed by atoms with Crippen LogP contribution in [0.15, 0.2) is 78.9 Å². The van der Waals surface area contributed by atoms with Crippen LogP contribution in [0, 0.1) is 10.1 Å². The van der Waals surface area contributed by atoms with Crippen LogP contribution in [0.5, 0.6) is 0 Å². The number of carbonyl (C=O) groups excluding carboxylic acids is 2. The number of hydrogen-bond donors (Lipinski definition) is 2. The van der Waals surface area contributed by atoms with Gasteiger partial charge < -0.3 is 10.2 Å². The molecule has 0 heterocycles. The molecular weight excluding hydrogens is 416 g/mol. The Balaban J connectivity index is 1.61. The molecule has 31 heavy (non-hydrogen) atoms. The van der Waals surface area contributed by atoms with Crippen molar-refractivity contribution in [2.45, 2.75) is 0 Å². The number of thiocarbonyl (C=S) groups is 1. The van der Waals surface area contributed by atoms with Gasteiger partial charge in [0.05, 0.1) is 4.92 Å². The summed E-state index contributed by atoms with van der Waals surface area (Å²) in [7, 11) is 1.70. The normalized spacial score (nSPS) is 10.1. The van der Waals surface area contributed by atoms with Crippen LogP contribution in [0.25, 0.3) is 0 Å². The van der Waals surface area contributed by atoms with Crippen molar-refractivity contribution >= 4 is 46.2 Å². The zero-order valence-electron chi connectivity index (χ0n) is 16.4. The summed E-state index contributed by atoms with van der Waals surface area (Å²) in [5.41, 5.74) is 1.77. The summed E-state index contributed by atoms with van der Waals surface area (Å²) < 4.78 is 0. The van der Waals surface area contributed by atoms with Crippen LogP contribution >= 0.6 is 12.2 Å². The Bertz CT molecular complexity index is 1130. The van der Waals surface area contributed by atoms with Crippen LogP contribution in [-0.2, 0) is 0 Å². The quantitative estimate of drug-likeness (QED) is 0.357. The molecule has 0 saturated heterocycles. The number of amides is 2. The van der Waals surface area contributed by atoms with Gasteiger partial charge >= 0.3 is 0 Å². The van der Waals surface area contributed by atoms with Crippen molar-refractivity contribution in [2.24, 2.45) is 0 Å². The van der Waals surface area contributed by atoms with Crippen molar-refractivity contribution in [1.82, 2.24) is 5.32 Å². The molecule has 0 atom stereocenters. The second kappa shape index (κ2) is 9.59. The zero-order chi connectivity index (χ0) is 22.4. The van der Waals surface area contributed by atoms with Gasteiger partial charge in [0.2, 0.25) is 0 Å². The molecule has 3 aromatic rings. The number of nitrogens with zero attached hydrogens (tertiary/aromatic N) is 2. The maximum absolute atomic E-state index is 12.6. The van der Waals surface area contributed by atoms with Gasteiger partial charge in [-0.25, -0.2) is 0 Å². The van der Waals surface area contributed by atoms with E-state index in [4.69, 9.17) is 12.2 Å². The lowest BCUT2D eigenvalue weighted by Crippen LogP contribution is -2.34. The molecule has 2 amide bonds. The molecule has 3 rings (SSSR count). The van der Waals surface area contributed by atoms with E-state index in [0.29, 0.717) is 11.3 Å². The van der Waals surface area contributed by atoms with Crippen molar-refractivity contribution in [3.63, 3.8) is 0 Å². The maximum Gasteiger partial charge on any atom is 0.270 e. The third-order valence-corrected chi connectivity index (χ3v) is 4.59. The van der Waals surface area contributed by atoms with Crippen LogP contribution in [0.3, 0.4) is 0 Å². The number of non-ortho nitro benzene ring substituents is 1. The SMILES string of the molecule is CN(C(=O)c1ccc(NC(=S)NC(=O)c2cccc([N+](=O)[O-])c2)cc1)c1ccccc1. The second-order valence-electron chi connectivity index (χ2n) is 6.49. The fourth-order valence-corrected chi connectivity index (χ4v) is 2.97. The molecule has 0 saturated carbocycles. The van der Waals surface area contributed by atoms with Gasteiger partial charge in [0, 0.05) is 41.7 Å². The first-order chi connectivity index (χ1) is 14.8. The van der Waals surface area contributed by atoms with Crippen LogP contribution in [-0.4, -0.2) is 28.9 Å². The lowest BCUT2D eigenvalue weighted by Gasteiger charge is -2.17. The predicted octanol–water partition coefficient (Wildman–Crippen LogP) is 4.00. The molecule has 0 aliphatic rings. The predicted molar refractivity (Wildman–Crippen MR) is 122 cm³/mol. The lowest BCUT2D eigenvalue weighted by molar-refractivity contribution is -0.384. The zero-order valence-corrected chi connectivity index (χ0v) is 17.3. The average Bonchev–Trinajstić information content (AvgIpc) is 2.79. The van der Waals surface area contributed by atoms with E-state index in [1.165, 1.54) is 24.3 Å². The highest BCUT2D eigenvalue weighted by Crippen LogP contribution is 2.17. The van der Waals surface area contributed by atoms with Gasteiger partial charge in [0.1, 0.15) is 0 Å².